The number of amides is 1. The van der Waals surface area contributed by atoms with E-state index in [1.54, 1.807) is 6.92 Å². The molecule has 100 valence electrons. The van der Waals surface area contributed by atoms with Crippen LogP contribution in [0.2, 0.25) is 0 Å². The highest BCUT2D eigenvalue weighted by Gasteiger charge is 2.38. The summed E-state index contributed by atoms with van der Waals surface area (Å²) in [6.07, 6.45) is 1.12. The Morgan fingerprint density at radius 3 is 2.63 bits per heavy atom. The summed E-state index contributed by atoms with van der Waals surface area (Å²) in [6.45, 7) is 1.75. The standard InChI is InChI=1S/C13H15N3O3/c1-8(9-5-3-2-4-6-9)13(19)15-7-10(17)11(16-13)12(14)18/h2-8,15,17,19H,1H3,(H2,14,18). The molecule has 0 saturated heterocycles. The van der Waals surface area contributed by atoms with E-state index in [0.717, 1.165) is 11.8 Å². The van der Waals surface area contributed by atoms with Gasteiger partial charge in [-0.15, -0.1) is 0 Å². The maximum Gasteiger partial charge on any atom is 0.270 e. The minimum absolute atomic E-state index is 0.343. The molecule has 6 nitrogen and oxygen atoms in total. The number of nitrogens with one attached hydrogen (secondary N) is 1. The molecule has 0 radical (unpaired) electrons. The lowest BCUT2D eigenvalue weighted by Crippen LogP contribution is -2.50. The maximum absolute atomic E-state index is 11.2. The molecule has 1 aliphatic rings. The predicted octanol–water partition coefficient (Wildman–Crippen LogP) is 0.365. The average Bonchev–Trinajstić information content (AvgIpc) is 2.41. The summed E-state index contributed by atoms with van der Waals surface area (Å²) in [4.78, 5) is 15.0. The molecule has 1 aromatic carbocycles. The molecule has 1 aliphatic heterocycles. The summed E-state index contributed by atoms with van der Waals surface area (Å²) in [6, 6.07) is 9.20. The monoisotopic (exact) mass is 261 g/mol. The molecule has 0 bridgehead atoms. The van der Waals surface area contributed by atoms with E-state index in [-0.39, 0.29) is 5.71 Å². The van der Waals surface area contributed by atoms with Crippen LogP contribution < -0.4 is 11.1 Å². The van der Waals surface area contributed by atoms with Crippen LogP contribution in [0.4, 0.5) is 0 Å². The van der Waals surface area contributed by atoms with Gasteiger partial charge in [0, 0.05) is 6.20 Å². The number of benzene rings is 1. The first-order chi connectivity index (χ1) is 8.94. The molecule has 0 aromatic heterocycles. The lowest BCUT2D eigenvalue weighted by atomic mass is 9.95. The van der Waals surface area contributed by atoms with Crippen molar-refractivity contribution in [3.8, 4) is 0 Å². The largest absolute Gasteiger partial charge is 0.504 e. The van der Waals surface area contributed by atoms with Gasteiger partial charge in [0.2, 0.25) is 5.85 Å². The maximum atomic E-state index is 11.2. The van der Waals surface area contributed by atoms with Crippen LogP contribution in [0.5, 0.6) is 0 Å². The Morgan fingerprint density at radius 2 is 2.05 bits per heavy atom. The second kappa shape index (κ2) is 4.74. The van der Waals surface area contributed by atoms with Gasteiger partial charge >= 0.3 is 0 Å². The van der Waals surface area contributed by atoms with Crippen molar-refractivity contribution in [1.82, 2.24) is 5.32 Å². The number of primary amides is 1. The number of carbonyl (C=O) groups is 1. The van der Waals surface area contributed by atoms with Gasteiger partial charge in [0.15, 0.2) is 11.5 Å². The van der Waals surface area contributed by atoms with Crippen LogP contribution in [-0.2, 0) is 4.79 Å². The zero-order valence-corrected chi connectivity index (χ0v) is 10.4. The highest BCUT2D eigenvalue weighted by molar-refractivity contribution is 6.44. The number of rotatable bonds is 3. The van der Waals surface area contributed by atoms with Crippen LogP contribution >= 0.6 is 0 Å². The summed E-state index contributed by atoms with van der Waals surface area (Å²) >= 11 is 0. The van der Waals surface area contributed by atoms with Crippen LogP contribution in [-0.4, -0.2) is 27.7 Å². The van der Waals surface area contributed by atoms with E-state index in [9.17, 15) is 15.0 Å². The lowest BCUT2D eigenvalue weighted by Gasteiger charge is -2.33. The summed E-state index contributed by atoms with van der Waals surface area (Å²) in [7, 11) is 0. The first-order valence-electron chi connectivity index (χ1n) is 5.78. The first kappa shape index (κ1) is 13.1. The van der Waals surface area contributed by atoms with Gasteiger partial charge in [0.1, 0.15) is 0 Å². The fraction of sp³-hybridized carbons (Fsp3) is 0.231. The Hall–Kier alpha value is -2.34. The van der Waals surface area contributed by atoms with E-state index in [0.29, 0.717) is 0 Å². The summed E-state index contributed by atoms with van der Waals surface area (Å²) < 4.78 is 0. The zero-order valence-electron chi connectivity index (χ0n) is 10.4. The molecular weight excluding hydrogens is 246 g/mol. The van der Waals surface area contributed by atoms with Crippen molar-refractivity contribution in [3.63, 3.8) is 0 Å². The smallest absolute Gasteiger partial charge is 0.270 e. The van der Waals surface area contributed by atoms with Gasteiger partial charge in [-0.25, -0.2) is 4.99 Å². The van der Waals surface area contributed by atoms with Crippen molar-refractivity contribution in [1.29, 1.82) is 0 Å². The Morgan fingerprint density at radius 1 is 1.42 bits per heavy atom. The van der Waals surface area contributed by atoms with Gasteiger partial charge in [-0.3, -0.25) is 4.79 Å². The molecule has 19 heavy (non-hydrogen) atoms. The molecule has 6 heteroatoms. The normalized spacial score (nSPS) is 23.9. The number of nitrogens with zero attached hydrogens (tertiary/aromatic N) is 1. The Balaban J connectivity index is 2.37. The van der Waals surface area contributed by atoms with Gasteiger partial charge in [-0.2, -0.15) is 0 Å². The molecule has 0 aliphatic carbocycles. The highest BCUT2D eigenvalue weighted by atomic mass is 16.3. The van der Waals surface area contributed by atoms with E-state index in [2.05, 4.69) is 10.3 Å². The van der Waals surface area contributed by atoms with Crippen molar-refractivity contribution in [2.24, 2.45) is 10.7 Å². The molecule has 1 aromatic rings. The number of aliphatic imine (C=N–C) groups is 1. The van der Waals surface area contributed by atoms with E-state index >= 15 is 0 Å². The predicted molar refractivity (Wildman–Crippen MR) is 70.3 cm³/mol. The van der Waals surface area contributed by atoms with Crippen LogP contribution in [0.25, 0.3) is 0 Å². The molecule has 5 N–H and O–H groups in total. The van der Waals surface area contributed by atoms with Crippen molar-refractivity contribution in [2.75, 3.05) is 0 Å². The SMILES string of the molecule is CC(c1ccccc1)C1(O)N=C(C(N)=O)C(O)=CN1. The third kappa shape index (κ3) is 2.43. The van der Waals surface area contributed by atoms with Gasteiger partial charge in [0.05, 0.1) is 5.92 Å². The third-order valence-electron chi connectivity index (χ3n) is 3.08. The number of carbonyl (C=O) groups excluding carboxylic acids is 1. The molecule has 0 spiro atoms. The van der Waals surface area contributed by atoms with Gasteiger partial charge < -0.3 is 21.3 Å². The zero-order chi connectivity index (χ0) is 14.0. The third-order valence-corrected chi connectivity index (χ3v) is 3.08. The molecule has 0 saturated carbocycles. The van der Waals surface area contributed by atoms with Gasteiger partial charge in [-0.1, -0.05) is 37.3 Å². The van der Waals surface area contributed by atoms with E-state index in [1.165, 1.54) is 0 Å². The second-order valence-corrected chi connectivity index (χ2v) is 4.36. The van der Waals surface area contributed by atoms with Crippen molar-refractivity contribution in [2.45, 2.75) is 18.7 Å². The van der Waals surface area contributed by atoms with E-state index in [4.69, 9.17) is 5.73 Å². The Kier molecular flexibility index (Phi) is 3.26. The average molecular weight is 261 g/mol. The minimum atomic E-state index is -1.72. The lowest BCUT2D eigenvalue weighted by molar-refractivity contribution is -0.112. The summed E-state index contributed by atoms with van der Waals surface area (Å²) in [5.41, 5.74) is 5.60. The van der Waals surface area contributed by atoms with Gasteiger partial charge in [0.25, 0.3) is 5.91 Å². The second-order valence-electron chi connectivity index (χ2n) is 4.36. The van der Waals surface area contributed by atoms with Crippen LogP contribution in [0.15, 0.2) is 47.3 Å². The Labute approximate surface area is 110 Å². The highest BCUT2D eigenvalue weighted by Crippen LogP contribution is 2.29. The van der Waals surface area contributed by atoms with Crippen molar-refractivity contribution >= 4 is 11.6 Å². The van der Waals surface area contributed by atoms with E-state index in [1.807, 2.05) is 30.3 Å². The fourth-order valence-corrected chi connectivity index (χ4v) is 1.88. The van der Waals surface area contributed by atoms with Crippen molar-refractivity contribution in [3.05, 3.63) is 47.9 Å². The number of hydrogen-bond donors (Lipinski definition) is 4. The number of aliphatic hydroxyl groups is 2. The number of nitrogens with two attached hydrogens (primary N) is 1. The molecule has 0 fully saturated rings. The quantitative estimate of drug-likeness (QED) is 0.630. The Bertz CT molecular complexity index is 554. The minimum Gasteiger partial charge on any atom is -0.504 e. The van der Waals surface area contributed by atoms with Crippen molar-refractivity contribution < 1.29 is 15.0 Å². The van der Waals surface area contributed by atoms with Crippen LogP contribution in [0, 0.1) is 0 Å². The molecule has 2 unspecified atom stereocenters. The number of hydrogen-bond acceptors (Lipinski definition) is 5. The van der Waals surface area contributed by atoms with Crippen LogP contribution in [0.1, 0.15) is 18.4 Å². The first-order valence-corrected chi connectivity index (χ1v) is 5.78. The van der Waals surface area contributed by atoms with Crippen LogP contribution in [0.3, 0.4) is 0 Å². The molecule has 2 rings (SSSR count). The van der Waals surface area contributed by atoms with Gasteiger partial charge in [-0.05, 0) is 5.56 Å². The molecule has 1 amide bonds. The molecule has 1 heterocycles. The summed E-state index contributed by atoms with van der Waals surface area (Å²) in [5.74, 6) is -3.45. The molecule has 2 atom stereocenters. The number of aliphatic hydroxyl groups excluding tert-OH is 1. The summed E-state index contributed by atoms with van der Waals surface area (Å²) in [5, 5.41) is 22.5. The molecular formula is C13H15N3O3. The van der Waals surface area contributed by atoms with E-state index < -0.39 is 23.4 Å². The topological polar surface area (TPSA) is 108 Å². The fourth-order valence-electron chi connectivity index (χ4n) is 1.88.